The van der Waals surface area contributed by atoms with Gasteiger partial charge >= 0.3 is 0 Å². The van der Waals surface area contributed by atoms with E-state index in [1.165, 1.54) is 25.6 Å². The van der Waals surface area contributed by atoms with Crippen LogP contribution in [0, 0.1) is 6.92 Å². The van der Waals surface area contributed by atoms with Gasteiger partial charge in [-0.2, -0.15) is 0 Å². The van der Waals surface area contributed by atoms with Crippen LogP contribution in [0.3, 0.4) is 0 Å². The summed E-state index contributed by atoms with van der Waals surface area (Å²) in [6.07, 6.45) is 2.73. The number of pyridine rings is 1. The Morgan fingerprint density at radius 2 is 2.05 bits per heavy atom. The van der Waals surface area contributed by atoms with Crippen LogP contribution in [-0.2, 0) is 10.0 Å². The number of sulfonamides is 1. The maximum atomic E-state index is 12.5. The van der Waals surface area contributed by atoms with Crippen LogP contribution in [-0.4, -0.2) is 27.1 Å². The first-order valence-corrected chi connectivity index (χ1v) is 8.20. The van der Waals surface area contributed by atoms with E-state index in [2.05, 4.69) is 9.71 Å². The summed E-state index contributed by atoms with van der Waals surface area (Å²) in [6, 6.07) is 6.66. The second kappa shape index (κ2) is 6.65. The third-order valence-electron chi connectivity index (χ3n) is 3.01. The van der Waals surface area contributed by atoms with Crippen LogP contribution < -0.4 is 14.2 Å². The highest BCUT2D eigenvalue weighted by atomic mass is 32.2. The van der Waals surface area contributed by atoms with Crippen LogP contribution in [0.1, 0.15) is 12.5 Å². The van der Waals surface area contributed by atoms with Crippen molar-refractivity contribution < 1.29 is 17.9 Å². The highest BCUT2D eigenvalue weighted by Gasteiger charge is 2.20. The number of rotatable bonds is 6. The zero-order chi connectivity index (χ0) is 16.2. The standard InChI is InChI=1S/C15H18N2O4S/c1-4-21-12-5-6-13(11(2)9-12)17-22(18,19)15-10-16-8-7-14(15)20-3/h5-10,17H,4H2,1-3H3. The van der Waals surface area contributed by atoms with Crippen molar-refractivity contribution in [1.82, 2.24) is 4.98 Å². The Labute approximate surface area is 130 Å². The lowest BCUT2D eigenvalue weighted by molar-refractivity contribution is 0.340. The van der Waals surface area contributed by atoms with Crippen molar-refractivity contribution in [3.05, 3.63) is 42.2 Å². The molecule has 0 aliphatic carbocycles. The average Bonchev–Trinajstić information content (AvgIpc) is 2.50. The van der Waals surface area contributed by atoms with Crippen LogP contribution in [0.25, 0.3) is 0 Å². The summed E-state index contributed by atoms with van der Waals surface area (Å²) >= 11 is 0. The Hall–Kier alpha value is -2.28. The van der Waals surface area contributed by atoms with E-state index in [9.17, 15) is 8.42 Å². The van der Waals surface area contributed by atoms with Gasteiger partial charge < -0.3 is 9.47 Å². The van der Waals surface area contributed by atoms with E-state index in [1.54, 1.807) is 25.1 Å². The van der Waals surface area contributed by atoms with E-state index in [0.717, 1.165) is 5.56 Å². The van der Waals surface area contributed by atoms with Gasteiger partial charge in [-0.15, -0.1) is 0 Å². The van der Waals surface area contributed by atoms with E-state index >= 15 is 0 Å². The molecule has 22 heavy (non-hydrogen) atoms. The van der Waals surface area contributed by atoms with Gasteiger partial charge in [0.15, 0.2) is 0 Å². The fourth-order valence-electron chi connectivity index (χ4n) is 1.94. The Kier molecular flexibility index (Phi) is 4.87. The zero-order valence-corrected chi connectivity index (χ0v) is 13.5. The molecule has 1 aromatic carbocycles. The number of aryl methyl sites for hydroxylation is 1. The quantitative estimate of drug-likeness (QED) is 0.884. The summed E-state index contributed by atoms with van der Waals surface area (Å²) in [5, 5.41) is 0. The molecule has 118 valence electrons. The molecular weight excluding hydrogens is 304 g/mol. The fraction of sp³-hybridized carbons (Fsp3) is 0.267. The largest absolute Gasteiger partial charge is 0.495 e. The number of benzene rings is 1. The Morgan fingerprint density at radius 3 is 2.68 bits per heavy atom. The zero-order valence-electron chi connectivity index (χ0n) is 12.7. The minimum Gasteiger partial charge on any atom is -0.495 e. The van der Waals surface area contributed by atoms with Gasteiger partial charge in [0, 0.05) is 6.20 Å². The van der Waals surface area contributed by atoms with Crippen LogP contribution in [0.15, 0.2) is 41.6 Å². The molecule has 1 aromatic heterocycles. The molecule has 6 nitrogen and oxygen atoms in total. The summed E-state index contributed by atoms with van der Waals surface area (Å²) in [4.78, 5) is 3.83. The van der Waals surface area contributed by atoms with E-state index in [0.29, 0.717) is 18.0 Å². The number of nitrogens with one attached hydrogen (secondary N) is 1. The summed E-state index contributed by atoms with van der Waals surface area (Å²) in [6.45, 7) is 4.25. The van der Waals surface area contributed by atoms with Gasteiger partial charge in [0.1, 0.15) is 16.4 Å². The Balaban J connectivity index is 2.33. The first-order chi connectivity index (χ1) is 10.5. The Morgan fingerprint density at radius 1 is 1.27 bits per heavy atom. The smallest absolute Gasteiger partial charge is 0.267 e. The Bertz CT molecular complexity index is 760. The molecule has 0 aliphatic rings. The van der Waals surface area contributed by atoms with Gasteiger partial charge in [-0.05, 0) is 43.7 Å². The van der Waals surface area contributed by atoms with Gasteiger partial charge in [0.2, 0.25) is 0 Å². The lowest BCUT2D eigenvalue weighted by Crippen LogP contribution is -2.15. The molecule has 1 N–H and O–H groups in total. The van der Waals surface area contributed by atoms with Crippen molar-refractivity contribution in [3.63, 3.8) is 0 Å². The van der Waals surface area contributed by atoms with Crippen molar-refractivity contribution in [2.45, 2.75) is 18.7 Å². The summed E-state index contributed by atoms with van der Waals surface area (Å²) < 4.78 is 38.0. The molecule has 1 heterocycles. The number of anilines is 1. The van der Waals surface area contributed by atoms with Crippen LogP contribution in [0.5, 0.6) is 11.5 Å². The maximum Gasteiger partial charge on any atom is 0.267 e. The molecule has 7 heteroatoms. The van der Waals surface area contributed by atoms with Crippen molar-refractivity contribution in [3.8, 4) is 11.5 Å². The SMILES string of the molecule is CCOc1ccc(NS(=O)(=O)c2cnccc2OC)c(C)c1. The molecule has 0 radical (unpaired) electrons. The number of hydrogen-bond acceptors (Lipinski definition) is 5. The van der Waals surface area contributed by atoms with Gasteiger partial charge in [-0.3, -0.25) is 9.71 Å². The molecule has 0 aliphatic heterocycles. The first kappa shape index (κ1) is 16.1. The predicted octanol–water partition coefficient (Wildman–Crippen LogP) is 2.60. The monoisotopic (exact) mass is 322 g/mol. The number of nitrogens with zero attached hydrogens (tertiary/aromatic N) is 1. The predicted molar refractivity (Wildman–Crippen MR) is 83.9 cm³/mol. The second-order valence-electron chi connectivity index (χ2n) is 4.54. The van der Waals surface area contributed by atoms with Gasteiger partial charge in [-0.25, -0.2) is 8.42 Å². The fourth-order valence-corrected chi connectivity index (χ4v) is 3.19. The molecule has 0 fully saturated rings. The van der Waals surface area contributed by atoms with Gasteiger partial charge in [-0.1, -0.05) is 0 Å². The summed E-state index contributed by atoms with van der Waals surface area (Å²) in [7, 11) is -2.37. The lowest BCUT2D eigenvalue weighted by Gasteiger charge is -2.13. The maximum absolute atomic E-state index is 12.5. The van der Waals surface area contributed by atoms with Crippen molar-refractivity contribution >= 4 is 15.7 Å². The molecule has 0 unspecified atom stereocenters. The number of ether oxygens (including phenoxy) is 2. The van der Waals surface area contributed by atoms with Crippen LogP contribution >= 0.6 is 0 Å². The lowest BCUT2D eigenvalue weighted by atomic mass is 10.2. The van der Waals surface area contributed by atoms with Crippen molar-refractivity contribution in [1.29, 1.82) is 0 Å². The summed E-state index contributed by atoms with van der Waals surface area (Å²) in [5.74, 6) is 0.938. The molecule has 2 aromatic rings. The molecule has 2 rings (SSSR count). The van der Waals surface area contributed by atoms with E-state index in [-0.39, 0.29) is 10.6 Å². The van der Waals surface area contributed by atoms with Crippen molar-refractivity contribution in [2.24, 2.45) is 0 Å². The molecular formula is C15H18N2O4S. The number of methoxy groups -OCH3 is 1. The van der Waals surface area contributed by atoms with Crippen LogP contribution in [0.2, 0.25) is 0 Å². The molecule has 0 saturated heterocycles. The third kappa shape index (κ3) is 3.48. The highest BCUT2D eigenvalue weighted by Crippen LogP contribution is 2.27. The highest BCUT2D eigenvalue weighted by molar-refractivity contribution is 7.92. The number of hydrogen-bond donors (Lipinski definition) is 1. The molecule has 0 atom stereocenters. The number of aromatic nitrogens is 1. The van der Waals surface area contributed by atoms with E-state index in [4.69, 9.17) is 9.47 Å². The minimum atomic E-state index is -3.78. The van der Waals surface area contributed by atoms with Gasteiger partial charge in [0.25, 0.3) is 10.0 Å². The summed E-state index contributed by atoms with van der Waals surface area (Å²) in [5.41, 5.74) is 1.24. The normalized spacial score (nSPS) is 11.0. The second-order valence-corrected chi connectivity index (χ2v) is 6.19. The minimum absolute atomic E-state index is 0.00853. The van der Waals surface area contributed by atoms with Crippen molar-refractivity contribution in [2.75, 3.05) is 18.4 Å². The molecule has 0 saturated carbocycles. The topological polar surface area (TPSA) is 77.5 Å². The molecule has 0 spiro atoms. The first-order valence-electron chi connectivity index (χ1n) is 6.72. The van der Waals surface area contributed by atoms with Gasteiger partial charge in [0.05, 0.1) is 25.6 Å². The average molecular weight is 322 g/mol. The van der Waals surface area contributed by atoms with Crippen LogP contribution in [0.4, 0.5) is 5.69 Å². The third-order valence-corrected chi connectivity index (χ3v) is 4.38. The molecule has 0 bridgehead atoms. The van der Waals surface area contributed by atoms with E-state index in [1.807, 2.05) is 6.92 Å². The van der Waals surface area contributed by atoms with E-state index < -0.39 is 10.0 Å². The molecule has 0 amide bonds.